The fourth-order valence-corrected chi connectivity index (χ4v) is 4.00. The maximum atomic E-state index is 12.5. The van der Waals surface area contributed by atoms with E-state index >= 15 is 0 Å². The maximum absolute atomic E-state index is 12.5. The van der Waals surface area contributed by atoms with Crippen molar-refractivity contribution < 1.29 is 17.9 Å². The van der Waals surface area contributed by atoms with Gasteiger partial charge in [0.15, 0.2) is 4.34 Å². The predicted molar refractivity (Wildman–Crippen MR) is 88.4 cm³/mol. The zero-order valence-corrected chi connectivity index (χ0v) is 14.3. The Hall–Kier alpha value is -1.32. The van der Waals surface area contributed by atoms with E-state index in [9.17, 15) is 13.2 Å². The maximum Gasteiger partial charge on any atom is 0.416 e. The molecule has 1 atom stereocenters. The molecule has 0 bridgehead atoms. The summed E-state index contributed by atoms with van der Waals surface area (Å²) in [6.07, 6.45) is -1.91. The summed E-state index contributed by atoms with van der Waals surface area (Å²) in [6.45, 7) is 1.54. The van der Waals surface area contributed by atoms with Crippen molar-refractivity contribution in [3.8, 4) is 0 Å². The van der Waals surface area contributed by atoms with Crippen LogP contribution in [0.3, 0.4) is 0 Å². The summed E-state index contributed by atoms with van der Waals surface area (Å²) >= 11 is 2.90. The van der Waals surface area contributed by atoms with Gasteiger partial charge in [-0.25, -0.2) is 0 Å². The lowest BCUT2D eigenvalue weighted by Gasteiger charge is -2.08. The van der Waals surface area contributed by atoms with Crippen molar-refractivity contribution in [2.45, 2.75) is 35.2 Å². The monoisotopic (exact) mass is 375 g/mol. The van der Waals surface area contributed by atoms with Crippen LogP contribution in [0, 0.1) is 0 Å². The Kier molecular flexibility index (Phi) is 5.62. The van der Waals surface area contributed by atoms with Crippen LogP contribution in [-0.4, -0.2) is 29.5 Å². The van der Waals surface area contributed by atoms with Crippen LogP contribution in [0.4, 0.5) is 18.3 Å². The first-order valence-electron chi connectivity index (χ1n) is 7.48. The van der Waals surface area contributed by atoms with Gasteiger partial charge in [0.1, 0.15) is 0 Å². The molecular weight excluding hydrogens is 359 g/mol. The summed E-state index contributed by atoms with van der Waals surface area (Å²) in [7, 11) is 0. The van der Waals surface area contributed by atoms with Crippen LogP contribution in [0.25, 0.3) is 0 Å². The zero-order chi connectivity index (χ0) is 17.0. The van der Waals surface area contributed by atoms with E-state index in [1.807, 2.05) is 0 Å². The molecule has 9 heteroatoms. The van der Waals surface area contributed by atoms with Gasteiger partial charge in [0.05, 0.1) is 11.7 Å². The van der Waals surface area contributed by atoms with Crippen molar-refractivity contribution in [3.63, 3.8) is 0 Å². The van der Waals surface area contributed by atoms with Gasteiger partial charge in [-0.05, 0) is 30.5 Å². The molecular formula is C15H16F3N3OS2. The van der Waals surface area contributed by atoms with Crippen molar-refractivity contribution in [1.29, 1.82) is 0 Å². The third kappa shape index (κ3) is 4.84. The minimum atomic E-state index is -4.30. The van der Waals surface area contributed by atoms with Crippen molar-refractivity contribution in [2.75, 3.05) is 18.5 Å². The molecule has 1 aliphatic rings. The number of ether oxygens (including phenoxy) is 1. The van der Waals surface area contributed by atoms with E-state index in [0.717, 1.165) is 53.2 Å². The van der Waals surface area contributed by atoms with Crippen LogP contribution in [0.5, 0.6) is 0 Å². The molecule has 0 aliphatic carbocycles. The lowest BCUT2D eigenvalue weighted by molar-refractivity contribution is -0.137. The molecule has 1 saturated heterocycles. The van der Waals surface area contributed by atoms with Crippen molar-refractivity contribution in [1.82, 2.24) is 10.2 Å². The summed E-state index contributed by atoms with van der Waals surface area (Å²) in [5, 5.41) is 12.1. The summed E-state index contributed by atoms with van der Waals surface area (Å²) in [6, 6.07) is 5.19. The van der Waals surface area contributed by atoms with E-state index in [4.69, 9.17) is 4.74 Å². The second-order valence-electron chi connectivity index (χ2n) is 5.37. The van der Waals surface area contributed by atoms with E-state index in [1.165, 1.54) is 35.2 Å². The Labute approximate surface area is 145 Å². The highest BCUT2D eigenvalue weighted by molar-refractivity contribution is 8.00. The number of nitrogens with one attached hydrogen (secondary N) is 1. The molecule has 0 spiro atoms. The Morgan fingerprint density at radius 2 is 2.04 bits per heavy atom. The number of thioether (sulfide) groups is 1. The average Bonchev–Trinajstić information content (AvgIpc) is 3.22. The molecule has 1 aliphatic heterocycles. The number of alkyl halides is 3. The average molecular weight is 375 g/mol. The normalized spacial score (nSPS) is 18.0. The molecule has 1 aromatic carbocycles. The van der Waals surface area contributed by atoms with Gasteiger partial charge in [0, 0.05) is 18.9 Å². The number of halogens is 3. The predicted octanol–water partition coefficient (Wildman–Crippen LogP) is 4.44. The van der Waals surface area contributed by atoms with Gasteiger partial charge < -0.3 is 10.1 Å². The topological polar surface area (TPSA) is 47.0 Å². The highest BCUT2D eigenvalue weighted by atomic mass is 32.2. The molecule has 0 amide bonds. The highest BCUT2D eigenvalue weighted by Crippen LogP contribution is 2.31. The van der Waals surface area contributed by atoms with Crippen LogP contribution in [0.15, 0.2) is 28.6 Å². The Morgan fingerprint density at radius 1 is 1.25 bits per heavy atom. The first-order chi connectivity index (χ1) is 11.5. The van der Waals surface area contributed by atoms with Crippen LogP contribution < -0.4 is 5.32 Å². The molecule has 2 heterocycles. The summed E-state index contributed by atoms with van der Waals surface area (Å²) in [5.74, 6) is 0.554. The number of anilines is 1. The molecule has 2 aromatic rings. The van der Waals surface area contributed by atoms with Crippen molar-refractivity contribution in [2.24, 2.45) is 0 Å². The van der Waals surface area contributed by atoms with E-state index in [-0.39, 0.29) is 6.10 Å². The molecule has 0 saturated carbocycles. The number of hydrogen-bond acceptors (Lipinski definition) is 6. The molecule has 3 rings (SSSR count). The number of hydrogen-bond donors (Lipinski definition) is 1. The fraction of sp³-hybridized carbons (Fsp3) is 0.467. The van der Waals surface area contributed by atoms with Gasteiger partial charge in [-0.15, -0.1) is 10.2 Å². The smallest absolute Gasteiger partial charge is 0.376 e. The third-order valence-electron chi connectivity index (χ3n) is 3.55. The zero-order valence-electron chi connectivity index (χ0n) is 12.7. The van der Waals surface area contributed by atoms with Crippen LogP contribution in [0.2, 0.25) is 0 Å². The molecule has 4 nitrogen and oxygen atoms in total. The number of benzene rings is 1. The van der Waals surface area contributed by atoms with Gasteiger partial charge in [0.2, 0.25) is 5.13 Å². The van der Waals surface area contributed by atoms with E-state index in [1.54, 1.807) is 0 Å². The van der Waals surface area contributed by atoms with E-state index in [2.05, 4.69) is 15.5 Å². The van der Waals surface area contributed by atoms with Crippen molar-refractivity contribution >= 4 is 28.2 Å². The molecule has 0 radical (unpaired) electrons. The van der Waals surface area contributed by atoms with Crippen LogP contribution in [0.1, 0.15) is 24.0 Å². The largest absolute Gasteiger partial charge is 0.416 e. The highest BCUT2D eigenvalue weighted by Gasteiger charge is 2.29. The van der Waals surface area contributed by atoms with Crippen LogP contribution in [-0.2, 0) is 16.7 Å². The fourth-order valence-electron chi connectivity index (χ4n) is 2.28. The van der Waals surface area contributed by atoms with Gasteiger partial charge in [-0.3, -0.25) is 0 Å². The molecule has 1 N–H and O–H groups in total. The summed E-state index contributed by atoms with van der Waals surface area (Å²) in [4.78, 5) is 0. The minimum absolute atomic E-state index is 0.233. The summed E-state index contributed by atoms with van der Waals surface area (Å²) in [5.41, 5.74) is 0.185. The van der Waals surface area contributed by atoms with Crippen molar-refractivity contribution in [3.05, 3.63) is 35.4 Å². The van der Waals surface area contributed by atoms with Gasteiger partial charge >= 0.3 is 6.18 Å². The van der Waals surface area contributed by atoms with Crippen LogP contribution >= 0.6 is 23.1 Å². The second kappa shape index (κ2) is 7.71. The van der Waals surface area contributed by atoms with Gasteiger partial charge in [0.25, 0.3) is 0 Å². The molecule has 1 unspecified atom stereocenters. The first-order valence-corrected chi connectivity index (χ1v) is 9.29. The number of nitrogens with zero attached hydrogens (tertiary/aromatic N) is 2. The number of rotatable bonds is 6. The van der Waals surface area contributed by atoms with Gasteiger partial charge in [-0.2, -0.15) is 13.2 Å². The lowest BCUT2D eigenvalue weighted by Crippen LogP contribution is -2.18. The summed E-state index contributed by atoms with van der Waals surface area (Å²) < 4.78 is 43.9. The molecule has 130 valence electrons. The lowest BCUT2D eigenvalue weighted by atomic mass is 10.1. The van der Waals surface area contributed by atoms with E-state index < -0.39 is 11.7 Å². The molecule has 1 aromatic heterocycles. The third-order valence-corrected chi connectivity index (χ3v) is 5.64. The minimum Gasteiger partial charge on any atom is -0.376 e. The first kappa shape index (κ1) is 17.5. The van der Waals surface area contributed by atoms with E-state index in [0.29, 0.717) is 5.75 Å². The Balaban J connectivity index is 1.48. The molecule has 1 fully saturated rings. The Morgan fingerprint density at radius 3 is 2.71 bits per heavy atom. The van der Waals surface area contributed by atoms with Gasteiger partial charge in [-0.1, -0.05) is 35.2 Å². The Bertz CT molecular complexity index is 655. The SMILES string of the molecule is FC(F)(F)c1ccc(CSc2nnc(NCC3CCCO3)s2)cc1. The second-order valence-corrected chi connectivity index (χ2v) is 7.57. The molecule has 24 heavy (non-hydrogen) atoms. The number of aromatic nitrogens is 2. The standard InChI is InChI=1S/C15H16F3N3OS2/c16-15(17,18)11-5-3-10(4-6-11)9-23-14-21-20-13(24-14)19-8-12-2-1-7-22-12/h3-6,12H,1-2,7-9H2,(H,19,20). The quantitative estimate of drug-likeness (QED) is 0.757.